The largest absolute Gasteiger partial charge is 0.476 e. The Morgan fingerprint density at radius 2 is 1.85 bits per heavy atom. The predicted octanol–water partition coefficient (Wildman–Crippen LogP) is 5.40. The van der Waals surface area contributed by atoms with E-state index in [1.807, 2.05) is 0 Å². The smallest absolute Gasteiger partial charge is 0.395 e. The summed E-state index contributed by atoms with van der Waals surface area (Å²) >= 11 is 0. The number of hydrogen-bond acceptors (Lipinski definition) is 3. The van der Waals surface area contributed by atoms with Gasteiger partial charge in [0.25, 0.3) is 5.91 Å². The van der Waals surface area contributed by atoms with Crippen LogP contribution in [-0.2, 0) is 16.1 Å². The molecule has 2 aliphatic rings. The van der Waals surface area contributed by atoms with Crippen molar-refractivity contribution >= 4 is 23.2 Å². The summed E-state index contributed by atoms with van der Waals surface area (Å²) < 4.78 is 87.2. The first-order valence-corrected chi connectivity index (χ1v) is 10.4. The summed E-state index contributed by atoms with van der Waals surface area (Å²) in [6.45, 7) is 2.56. The molecule has 1 unspecified atom stereocenters. The maximum absolute atomic E-state index is 15.4. The third kappa shape index (κ3) is 4.19. The van der Waals surface area contributed by atoms with Gasteiger partial charge in [0.2, 0.25) is 5.91 Å². The van der Waals surface area contributed by atoms with E-state index in [1.165, 1.54) is 26.0 Å². The summed E-state index contributed by atoms with van der Waals surface area (Å²) in [5.74, 6) is -5.16. The van der Waals surface area contributed by atoms with Crippen molar-refractivity contribution in [2.75, 3.05) is 10.2 Å². The van der Waals surface area contributed by atoms with Crippen LogP contribution in [0.3, 0.4) is 0 Å². The number of alkyl halides is 3. The minimum absolute atomic E-state index is 0.00483. The Kier molecular flexibility index (Phi) is 5.77. The minimum atomic E-state index is -4.53. The molecule has 2 aromatic rings. The highest BCUT2D eigenvalue weighted by Crippen LogP contribution is 2.60. The molecule has 2 amide bonds. The van der Waals surface area contributed by atoms with Crippen LogP contribution in [0.4, 0.5) is 37.7 Å². The van der Waals surface area contributed by atoms with Gasteiger partial charge in [0, 0.05) is 6.42 Å². The number of amides is 2. The number of halogens is 6. The molecule has 0 spiro atoms. The summed E-state index contributed by atoms with van der Waals surface area (Å²) in [7, 11) is 0. The molecule has 34 heavy (non-hydrogen) atoms. The molecule has 0 bridgehead atoms. The van der Waals surface area contributed by atoms with E-state index < -0.39 is 53.4 Å². The first-order chi connectivity index (χ1) is 15.8. The normalized spacial score (nSPS) is 18.9. The summed E-state index contributed by atoms with van der Waals surface area (Å²) in [5.41, 5.74) is -2.06. The van der Waals surface area contributed by atoms with Gasteiger partial charge in [0.15, 0.2) is 29.3 Å². The summed E-state index contributed by atoms with van der Waals surface area (Å²) in [6, 6.07) is 4.43. The topological polar surface area (TPSA) is 58.6 Å². The maximum atomic E-state index is 15.4. The number of rotatable bonds is 5. The third-order valence-electron chi connectivity index (χ3n) is 6.14. The number of benzene rings is 2. The Hall–Kier alpha value is -3.24. The predicted molar refractivity (Wildman–Crippen MR) is 110 cm³/mol. The van der Waals surface area contributed by atoms with Crippen molar-refractivity contribution in [1.82, 2.24) is 0 Å². The molecule has 1 atom stereocenters. The van der Waals surface area contributed by atoms with Crippen LogP contribution >= 0.6 is 0 Å². The number of fused-ring (bicyclic) bond motifs is 1. The fraction of sp³-hybridized carbons (Fsp3) is 0.391. The number of nitrogens with zero attached hydrogens (tertiary/aromatic N) is 1. The van der Waals surface area contributed by atoms with Crippen molar-refractivity contribution < 1.29 is 40.7 Å². The number of hydrogen-bond donors (Lipinski definition) is 1. The number of ether oxygens (including phenoxy) is 1. The number of carbonyl (C=O) groups excluding carboxylic acids is 2. The molecule has 4 rings (SSSR count). The Morgan fingerprint density at radius 1 is 1.18 bits per heavy atom. The number of carbonyl (C=O) groups is 2. The zero-order valence-corrected chi connectivity index (χ0v) is 18.2. The van der Waals surface area contributed by atoms with Crippen LogP contribution in [0.25, 0.3) is 0 Å². The van der Waals surface area contributed by atoms with Gasteiger partial charge >= 0.3 is 6.18 Å². The highest BCUT2D eigenvalue weighted by molar-refractivity contribution is 6.01. The van der Waals surface area contributed by atoms with Gasteiger partial charge in [0.1, 0.15) is 0 Å². The first kappa shape index (κ1) is 23.9. The second-order valence-electron chi connectivity index (χ2n) is 8.67. The van der Waals surface area contributed by atoms with E-state index in [0.717, 1.165) is 17.0 Å². The lowest BCUT2D eigenvalue weighted by Gasteiger charge is -2.34. The molecule has 0 aromatic heterocycles. The van der Waals surface area contributed by atoms with Gasteiger partial charge in [-0.2, -0.15) is 13.2 Å². The number of aryl methyl sites for hydroxylation is 1. The Morgan fingerprint density at radius 3 is 2.44 bits per heavy atom. The highest BCUT2D eigenvalue weighted by atomic mass is 19.4. The Bertz CT molecular complexity index is 1180. The quantitative estimate of drug-likeness (QED) is 0.576. The molecular weight excluding hydrogens is 466 g/mol. The second-order valence-corrected chi connectivity index (χ2v) is 8.67. The van der Waals surface area contributed by atoms with E-state index in [0.29, 0.717) is 0 Å². The molecule has 0 radical (unpaired) electrons. The van der Waals surface area contributed by atoms with E-state index in [9.17, 15) is 31.5 Å². The van der Waals surface area contributed by atoms with Gasteiger partial charge in [-0.25, -0.2) is 13.2 Å². The molecule has 0 saturated heterocycles. The lowest BCUT2D eigenvalue weighted by Crippen LogP contribution is -2.44. The fourth-order valence-corrected chi connectivity index (χ4v) is 3.96. The molecule has 1 N–H and O–H groups in total. The molecule has 11 heteroatoms. The van der Waals surface area contributed by atoms with E-state index in [4.69, 9.17) is 4.74 Å². The van der Waals surface area contributed by atoms with Crippen LogP contribution in [0.1, 0.15) is 37.3 Å². The van der Waals surface area contributed by atoms with Crippen molar-refractivity contribution in [3.05, 3.63) is 52.8 Å². The minimum Gasteiger partial charge on any atom is -0.476 e. The lowest BCUT2D eigenvalue weighted by atomic mass is 10.0. The molecule has 1 aliphatic carbocycles. The first-order valence-electron chi connectivity index (χ1n) is 10.4. The van der Waals surface area contributed by atoms with Crippen LogP contribution in [0.5, 0.6) is 5.75 Å². The van der Waals surface area contributed by atoms with Crippen LogP contribution in [-0.4, -0.2) is 24.1 Å². The Balaban J connectivity index is 1.64. The molecule has 1 fully saturated rings. The van der Waals surface area contributed by atoms with Crippen molar-refractivity contribution in [2.24, 2.45) is 5.41 Å². The van der Waals surface area contributed by atoms with Crippen molar-refractivity contribution in [3.63, 3.8) is 0 Å². The third-order valence-corrected chi connectivity index (χ3v) is 6.14. The Labute approximate surface area is 190 Å². The molecule has 5 nitrogen and oxygen atoms in total. The SMILES string of the molecule is Cc1cc2c(c(F)c1NC(=O)CC1(C(F)(F)F)CC1)OC(C)C(=O)N2Cc1ccc(F)c(F)c1. The molecule has 182 valence electrons. The summed E-state index contributed by atoms with van der Waals surface area (Å²) in [4.78, 5) is 26.2. The maximum Gasteiger partial charge on any atom is 0.395 e. The van der Waals surface area contributed by atoms with Crippen LogP contribution in [0, 0.1) is 29.8 Å². The second kappa shape index (κ2) is 8.21. The molecule has 1 heterocycles. The van der Waals surface area contributed by atoms with Crippen molar-refractivity contribution in [3.8, 4) is 5.75 Å². The van der Waals surface area contributed by atoms with E-state index >= 15 is 4.39 Å². The molecule has 1 aliphatic heterocycles. The van der Waals surface area contributed by atoms with Crippen LogP contribution < -0.4 is 15.0 Å². The van der Waals surface area contributed by atoms with Gasteiger partial charge in [-0.05, 0) is 56.0 Å². The summed E-state index contributed by atoms with van der Waals surface area (Å²) in [5, 5.41) is 2.21. The van der Waals surface area contributed by atoms with E-state index in [2.05, 4.69) is 5.32 Å². The highest BCUT2D eigenvalue weighted by Gasteiger charge is 2.63. The zero-order chi connectivity index (χ0) is 25.0. The monoisotopic (exact) mass is 486 g/mol. The van der Waals surface area contributed by atoms with Crippen molar-refractivity contribution in [1.29, 1.82) is 0 Å². The van der Waals surface area contributed by atoms with Crippen LogP contribution in [0.15, 0.2) is 24.3 Å². The number of anilines is 2. The molecule has 2 aromatic carbocycles. The van der Waals surface area contributed by atoms with Gasteiger partial charge in [0.05, 0.1) is 23.3 Å². The average molecular weight is 486 g/mol. The van der Waals surface area contributed by atoms with Crippen LogP contribution in [0.2, 0.25) is 0 Å². The summed E-state index contributed by atoms with van der Waals surface area (Å²) in [6.07, 6.45) is -6.84. The standard InChI is InChI=1S/C23H20F6N2O3/c1-11-7-16-20(18(26)19(11)30-17(32)9-22(5-6-22)23(27,28)29)34-12(2)21(33)31(16)10-13-3-4-14(24)15(25)8-13/h3-4,7-8,12H,5-6,9-10H2,1-2H3,(H,30,32). The van der Waals surface area contributed by atoms with Gasteiger partial charge in [-0.1, -0.05) is 6.07 Å². The van der Waals surface area contributed by atoms with Gasteiger partial charge < -0.3 is 15.0 Å². The molecular formula is C23H20F6N2O3. The number of nitrogens with one attached hydrogen (secondary N) is 1. The molecule has 1 saturated carbocycles. The van der Waals surface area contributed by atoms with Crippen molar-refractivity contribution in [2.45, 2.75) is 51.9 Å². The van der Waals surface area contributed by atoms with E-state index in [-0.39, 0.29) is 47.6 Å². The van der Waals surface area contributed by atoms with Gasteiger partial charge in [-0.3, -0.25) is 9.59 Å². The lowest BCUT2D eigenvalue weighted by molar-refractivity contribution is -0.189. The average Bonchev–Trinajstić information content (AvgIpc) is 3.53. The van der Waals surface area contributed by atoms with Gasteiger partial charge in [-0.15, -0.1) is 0 Å². The fourth-order valence-electron chi connectivity index (χ4n) is 3.96. The van der Waals surface area contributed by atoms with E-state index in [1.54, 1.807) is 0 Å². The zero-order valence-electron chi connectivity index (χ0n) is 18.2.